The third-order valence-corrected chi connectivity index (χ3v) is 3.86. The minimum atomic E-state index is -0.152. The van der Waals surface area contributed by atoms with Gasteiger partial charge in [-0.2, -0.15) is 0 Å². The van der Waals surface area contributed by atoms with Gasteiger partial charge >= 0.3 is 0 Å². The smallest absolute Gasteiger partial charge is 0.291 e. The van der Waals surface area contributed by atoms with Crippen LogP contribution in [0.4, 0.5) is 0 Å². The van der Waals surface area contributed by atoms with Crippen LogP contribution in [0.2, 0.25) is 0 Å². The van der Waals surface area contributed by atoms with Crippen LogP contribution in [-0.4, -0.2) is 27.8 Å². The zero-order valence-corrected chi connectivity index (χ0v) is 13.5. The largest absolute Gasteiger partial charge is 0.435 e. The highest BCUT2D eigenvalue weighted by molar-refractivity contribution is 5.92. The Morgan fingerprint density at radius 1 is 1.30 bits per heavy atom. The number of hydrogen-bond acceptors (Lipinski definition) is 4. The second-order valence-corrected chi connectivity index (χ2v) is 5.55. The molecule has 0 aliphatic heterocycles. The maximum absolute atomic E-state index is 12.6. The molecule has 0 spiro atoms. The van der Waals surface area contributed by atoms with E-state index in [2.05, 4.69) is 9.97 Å². The first-order valence-electron chi connectivity index (χ1n) is 7.63. The number of benzene rings is 1. The van der Waals surface area contributed by atoms with Gasteiger partial charge < -0.3 is 9.32 Å². The minimum Gasteiger partial charge on any atom is -0.435 e. The SMILES string of the molecule is CCc1nc(C)c(C(=O)N(C)Cc2cccc3cnccc23)o1. The fourth-order valence-corrected chi connectivity index (χ4v) is 2.63. The van der Waals surface area contributed by atoms with Crippen LogP contribution in [0.15, 0.2) is 41.1 Å². The summed E-state index contributed by atoms with van der Waals surface area (Å²) in [4.78, 5) is 22.7. The molecule has 1 aromatic carbocycles. The van der Waals surface area contributed by atoms with Crippen molar-refractivity contribution in [1.29, 1.82) is 0 Å². The van der Waals surface area contributed by atoms with E-state index in [-0.39, 0.29) is 5.91 Å². The molecule has 0 unspecified atom stereocenters. The molecule has 0 fully saturated rings. The maximum atomic E-state index is 12.6. The van der Waals surface area contributed by atoms with E-state index < -0.39 is 0 Å². The second kappa shape index (κ2) is 6.20. The Bertz CT molecular complexity index is 849. The molecule has 0 radical (unpaired) electrons. The van der Waals surface area contributed by atoms with Gasteiger partial charge in [-0.05, 0) is 23.9 Å². The Labute approximate surface area is 135 Å². The molecule has 23 heavy (non-hydrogen) atoms. The summed E-state index contributed by atoms with van der Waals surface area (Å²) in [6.07, 6.45) is 4.27. The standard InChI is InChI=1S/C18H19N3O2/c1-4-16-20-12(2)17(23-16)18(22)21(3)11-14-7-5-6-13-10-19-9-8-15(13)14/h5-10H,4,11H2,1-3H3. The summed E-state index contributed by atoms with van der Waals surface area (Å²) in [5.74, 6) is 0.766. The molecule has 0 atom stereocenters. The van der Waals surface area contributed by atoms with Crippen molar-refractivity contribution in [3.05, 3.63) is 59.6 Å². The summed E-state index contributed by atoms with van der Waals surface area (Å²) < 4.78 is 5.56. The van der Waals surface area contributed by atoms with Gasteiger partial charge in [0, 0.05) is 37.8 Å². The number of pyridine rings is 1. The van der Waals surface area contributed by atoms with Gasteiger partial charge in [-0.15, -0.1) is 0 Å². The third kappa shape index (κ3) is 2.95. The lowest BCUT2D eigenvalue weighted by molar-refractivity contribution is 0.0751. The lowest BCUT2D eigenvalue weighted by atomic mass is 10.1. The van der Waals surface area contributed by atoms with Crippen LogP contribution in [0, 0.1) is 6.92 Å². The fourth-order valence-electron chi connectivity index (χ4n) is 2.63. The monoisotopic (exact) mass is 309 g/mol. The van der Waals surface area contributed by atoms with Gasteiger partial charge in [0.05, 0.1) is 5.69 Å². The van der Waals surface area contributed by atoms with Crippen molar-refractivity contribution in [2.24, 2.45) is 0 Å². The van der Waals surface area contributed by atoms with Gasteiger partial charge in [0.25, 0.3) is 5.91 Å². The number of carbonyl (C=O) groups is 1. The van der Waals surface area contributed by atoms with Gasteiger partial charge in [-0.3, -0.25) is 9.78 Å². The molecule has 1 amide bonds. The van der Waals surface area contributed by atoms with Gasteiger partial charge in [-0.1, -0.05) is 25.1 Å². The van der Waals surface area contributed by atoms with Crippen LogP contribution in [-0.2, 0) is 13.0 Å². The van der Waals surface area contributed by atoms with Crippen molar-refractivity contribution >= 4 is 16.7 Å². The van der Waals surface area contributed by atoms with Crippen LogP contribution < -0.4 is 0 Å². The summed E-state index contributed by atoms with van der Waals surface area (Å²) in [5, 5.41) is 2.17. The molecular formula is C18H19N3O2. The Kier molecular flexibility index (Phi) is 4.10. The topological polar surface area (TPSA) is 59.2 Å². The van der Waals surface area contributed by atoms with Crippen LogP contribution in [0.3, 0.4) is 0 Å². The first-order valence-corrected chi connectivity index (χ1v) is 7.63. The minimum absolute atomic E-state index is 0.152. The van der Waals surface area contributed by atoms with Crippen molar-refractivity contribution in [2.45, 2.75) is 26.8 Å². The summed E-state index contributed by atoms with van der Waals surface area (Å²) in [6.45, 7) is 4.25. The van der Waals surface area contributed by atoms with E-state index in [1.807, 2.05) is 37.4 Å². The second-order valence-electron chi connectivity index (χ2n) is 5.55. The molecule has 0 saturated carbocycles. The average molecular weight is 309 g/mol. The molecule has 2 heterocycles. The quantitative estimate of drug-likeness (QED) is 0.741. The molecule has 5 heteroatoms. The van der Waals surface area contributed by atoms with E-state index >= 15 is 0 Å². The number of nitrogens with zero attached hydrogens (tertiary/aromatic N) is 3. The molecular weight excluding hydrogens is 290 g/mol. The third-order valence-electron chi connectivity index (χ3n) is 3.86. The summed E-state index contributed by atoms with van der Waals surface area (Å²) in [5.41, 5.74) is 1.72. The molecule has 0 saturated heterocycles. The van der Waals surface area contributed by atoms with Crippen LogP contribution >= 0.6 is 0 Å². The molecule has 0 aliphatic carbocycles. The number of aryl methyl sites for hydroxylation is 2. The highest BCUT2D eigenvalue weighted by Crippen LogP contribution is 2.20. The number of oxazole rings is 1. The molecule has 0 bridgehead atoms. The molecule has 0 aliphatic rings. The van der Waals surface area contributed by atoms with E-state index in [4.69, 9.17) is 4.42 Å². The zero-order chi connectivity index (χ0) is 16.4. The lowest BCUT2D eigenvalue weighted by Gasteiger charge is -2.17. The predicted molar refractivity (Wildman–Crippen MR) is 88.2 cm³/mol. The summed E-state index contributed by atoms with van der Waals surface area (Å²) in [6, 6.07) is 7.99. The van der Waals surface area contributed by atoms with E-state index in [9.17, 15) is 4.79 Å². The molecule has 0 N–H and O–H groups in total. The molecule has 3 rings (SSSR count). The van der Waals surface area contributed by atoms with Crippen molar-refractivity contribution in [3.8, 4) is 0 Å². The molecule has 118 valence electrons. The van der Waals surface area contributed by atoms with E-state index in [0.29, 0.717) is 30.3 Å². The first kappa shape index (κ1) is 15.2. The van der Waals surface area contributed by atoms with Gasteiger partial charge in [-0.25, -0.2) is 4.98 Å². The Morgan fingerprint density at radius 2 is 2.13 bits per heavy atom. The number of carbonyl (C=O) groups excluding carboxylic acids is 1. The van der Waals surface area contributed by atoms with Crippen molar-refractivity contribution in [3.63, 3.8) is 0 Å². The maximum Gasteiger partial charge on any atom is 0.291 e. The van der Waals surface area contributed by atoms with Crippen LogP contribution in [0.25, 0.3) is 10.8 Å². The van der Waals surface area contributed by atoms with Gasteiger partial charge in [0.2, 0.25) is 5.76 Å². The van der Waals surface area contributed by atoms with Crippen molar-refractivity contribution in [1.82, 2.24) is 14.9 Å². The number of aromatic nitrogens is 2. The van der Waals surface area contributed by atoms with Gasteiger partial charge in [0.15, 0.2) is 5.89 Å². The number of rotatable bonds is 4. The lowest BCUT2D eigenvalue weighted by Crippen LogP contribution is -2.26. The Balaban J connectivity index is 1.86. The average Bonchev–Trinajstić information content (AvgIpc) is 2.95. The zero-order valence-electron chi connectivity index (χ0n) is 13.5. The highest BCUT2D eigenvalue weighted by atomic mass is 16.4. The summed E-state index contributed by atoms with van der Waals surface area (Å²) >= 11 is 0. The Hall–Kier alpha value is -2.69. The number of fused-ring (bicyclic) bond motifs is 1. The summed E-state index contributed by atoms with van der Waals surface area (Å²) in [7, 11) is 1.77. The van der Waals surface area contributed by atoms with Crippen molar-refractivity contribution < 1.29 is 9.21 Å². The fraction of sp³-hybridized carbons (Fsp3) is 0.278. The molecule has 3 aromatic rings. The van der Waals surface area contributed by atoms with E-state index in [1.165, 1.54) is 0 Å². The Morgan fingerprint density at radius 3 is 2.87 bits per heavy atom. The van der Waals surface area contributed by atoms with Crippen molar-refractivity contribution in [2.75, 3.05) is 7.05 Å². The number of amides is 1. The molecule has 5 nitrogen and oxygen atoms in total. The first-order chi connectivity index (χ1) is 11.1. The predicted octanol–water partition coefficient (Wildman–Crippen LogP) is 3.37. The van der Waals surface area contributed by atoms with Crippen LogP contribution in [0.1, 0.15) is 34.6 Å². The van der Waals surface area contributed by atoms with Crippen LogP contribution in [0.5, 0.6) is 0 Å². The van der Waals surface area contributed by atoms with E-state index in [1.54, 1.807) is 25.1 Å². The molecule has 2 aromatic heterocycles. The normalized spacial score (nSPS) is 10.9. The van der Waals surface area contributed by atoms with Gasteiger partial charge in [0.1, 0.15) is 0 Å². The van der Waals surface area contributed by atoms with E-state index in [0.717, 1.165) is 16.3 Å². The number of hydrogen-bond donors (Lipinski definition) is 0. The highest BCUT2D eigenvalue weighted by Gasteiger charge is 2.21.